The lowest BCUT2D eigenvalue weighted by Gasteiger charge is -2.39. The van der Waals surface area contributed by atoms with Crippen LogP contribution in [0.4, 0.5) is 4.79 Å². The summed E-state index contributed by atoms with van der Waals surface area (Å²) < 4.78 is 32.5. The highest BCUT2D eigenvalue weighted by Crippen LogP contribution is 2.32. The summed E-state index contributed by atoms with van der Waals surface area (Å²) in [5.41, 5.74) is 5.43. The monoisotopic (exact) mass is 1810 g/mol. The molecule has 0 saturated carbocycles. The van der Waals surface area contributed by atoms with Gasteiger partial charge < -0.3 is 61.6 Å². The lowest BCUT2D eigenvalue weighted by molar-refractivity contribution is -0.135. The Hall–Kier alpha value is -9.53. The number of rotatable bonds is 34. The molecule has 4 heterocycles. The van der Waals surface area contributed by atoms with Gasteiger partial charge in [0.05, 0.1) is 30.0 Å². The number of carbonyl (C=O) groups is 7. The molecule has 8 N–H and O–H groups in total. The summed E-state index contributed by atoms with van der Waals surface area (Å²) in [5.74, 6) is 0.714. The van der Waals surface area contributed by atoms with Crippen molar-refractivity contribution in [3.05, 3.63) is 249 Å². The van der Waals surface area contributed by atoms with Crippen molar-refractivity contribution in [1.82, 2.24) is 61.5 Å². The van der Waals surface area contributed by atoms with Gasteiger partial charge in [0.1, 0.15) is 0 Å². The van der Waals surface area contributed by atoms with Gasteiger partial charge in [0.2, 0.25) is 27.7 Å². The van der Waals surface area contributed by atoms with Crippen LogP contribution in [0, 0.1) is 5.92 Å². The predicted octanol–water partition coefficient (Wildman–Crippen LogP) is 16.7. The summed E-state index contributed by atoms with van der Waals surface area (Å²) in [6, 6.07) is 63.5. The van der Waals surface area contributed by atoms with Gasteiger partial charge in [-0.15, -0.1) is 0 Å². The van der Waals surface area contributed by atoms with Crippen LogP contribution < -0.4 is 41.9 Å². The van der Waals surface area contributed by atoms with Crippen LogP contribution in [0.25, 0.3) is 32.3 Å². The Balaban J connectivity index is 0.000000185. The zero-order valence-electron chi connectivity index (χ0n) is 74.8. The topological polar surface area (TPSA) is 272 Å². The van der Waals surface area contributed by atoms with Gasteiger partial charge in [0.15, 0.2) is 0 Å². The lowest BCUT2D eigenvalue weighted by atomic mass is 9.87. The van der Waals surface area contributed by atoms with E-state index in [0.29, 0.717) is 135 Å². The molecule has 127 heavy (non-hydrogen) atoms. The van der Waals surface area contributed by atoms with Crippen molar-refractivity contribution >= 4 is 119 Å². The first-order valence-electron chi connectivity index (χ1n) is 45.6. The van der Waals surface area contributed by atoms with Gasteiger partial charge >= 0.3 is 6.09 Å². The molecule has 1 unspecified atom stereocenters. The van der Waals surface area contributed by atoms with Gasteiger partial charge in [-0.05, 0) is 239 Å². The van der Waals surface area contributed by atoms with Gasteiger partial charge in [-0.3, -0.25) is 28.8 Å². The van der Waals surface area contributed by atoms with Gasteiger partial charge in [-0.25, -0.2) is 17.9 Å². The second-order valence-electron chi connectivity index (χ2n) is 34.6. The first kappa shape index (κ1) is 98.1. The largest absolute Gasteiger partial charge is 0.450 e. The summed E-state index contributed by atoms with van der Waals surface area (Å²) in [5, 5.41) is 29.9. The average Bonchev–Trinajstić information content (AvgIpc) is 1.73. The van der Waals surface area contributed by atoms with Crippen LogP contribution in [0.3, 0.4) is 0 Å². The number of piperidine rings is 1. The highest BCUT2D eigenvalue weighted by Gasteiger charge is 2.40. The third-order valence-electron chi connectivity index (χ3n) is 25.2. The fraction of sp³-hybridized carbons (Fsp3) is 0.455. The van der Waals surface area contributed by atoms with E-state index in [0.717, 1.165) is 103 Å². The predicted molar refractivity (Wildman–Crippen MR) is 513 cm³/mol. The number of alkyl carbamates (subject to hydrolysis) is 1. The minimum Gasteiger partial charge on any atom is -0.450 e. The van der Waals surface area contributed by atoms with E-state index in [2.05, 4.69) is 135 Å². The maximum atomic E-state index is 14.1. The smallest absolute Gasteiger partial charge is 0.407 e. The lowest BCUT2D eigenvalue weighted by Crippen LogP contribution is -2.55. The van der Waals surface area contributed by atoms with Crippen molar-refractivity contribution < 1.29 is 46.7 Å². The maximum Gasteiger partial charge on any atom is 0.407 e. The van der Waals surface area contributed by atoms with Crippen LogP contribution in [-0.2, 0) is 29.1 Å². The number of ether oxygens (including phenoxy) is 1. The number of hydrogen-bond donors (Lipinski definition) is 8. The van der Waals surface area contributed by atoms with Crippen LogP contribution in [0.5, 0.6) is 0 Å². The normalized spacial score (nSPS) is 19.3. The number of fused-ring (bicyclic) bond motifs is 3. The minimum atomic E-state index is -3.45. The van der Waals surface area contributed by atoms with Crippen molar-refractivity contribution in [2.45, 2.75) is 198 Å². The third-order valence-corrected chi connectivity index (χ3v) is 27.8. The maximum absolute atomic E-state index is 14.1. The summed E-state index contributed by atoms with van der Waals surface area (Å²) in [7, 11) is -3.45. The van der Waals surface area contributed by atoms with Gasteiger partial charge in [0.25, 0.3) is 17.7 Å². The molecule has 9 atom stereocenters. The number of carbonyl (C=O) groups excluding carboxylic acids is 7. The minimum absolute atomic E-state index is 0.0116. The molecule has 0 aliphatic carbocycles. The van der Waals surface area contributed by atoms with Crippen LogP contribution in [-0.4, -0.2) is 209 Å². The summed E-state index contributed by atoms with van der Waals surface area (Å²) >= 11 is 18.3. The Labute approximate surface area is 765 Å². The van der Waals surface area contributed by atoms with Crippen molar-refractivity contribution in [2.24, 2.45) is 5.92 Å². The molecule has 4 aliphatic heterocycles. The van der Waals surface area contributed by atoms with Crippen molar-refractivity contribution in [2.75, 3.05) is 91.7 Å². The number of likely N-dealkylation sites (tertiary alicyclic amines) is 1. The molecule has 7 amide bonds. The quantitative estimate of drug-likeness (QED) is 0.0174. The Kier molecular flexibility index (Phi) is 37.6. The van der Waals surface area contributed by atoms with E-state index in [1.54, 1.807) is 32.0 Å². The number of nitrogens with zero attached hydrogens (tertiary/aromatic N) is 4. The summed E-state index contributed by atoms with van der Waals surface area (Å²) in [4.78, 5) is 102. The molecule has 4 saturated heterocycles. The first-order chi connectivity index (χ1) is 61.3. The number of hydrogen-bond acceptors (Lipinski definition) is 14. The van der Waals surface area contributed by atoms with E-state index >= 15 is 0 Å². The molecule has 4 fully saturated rings. The molecule has 13 rings (SSSR count). The van der Waals surface area contributed by atoms with E-state index in [-0.39, 0.29) is 83.9 Å². The molecular formula is C101H129Cl3N12O10S. The molecule has 26 heteroatoms. The molecule has 4 aliphatic rings. The summed E-state index contributed by atoms with van der Waals surface area (Å²) in [6.45, 7) is 24.0. The average molecular weight is 1810 g/mol. The molecule has 9 aromatic rings. The van der Waals surface area contributed by atoms with Crippen molar-refractivity contribution in [3.63, 3.8) is 0 Å². The van der Waals surface area contributed by atoms with Gasteiger partial charge in [0, 0.05) is 146 Å². The fourth-order valence-corrected chi connectivity index (χ4v) is 18.6. The highest BCUT2D eigenvalue weighted by atomic mass is 35.5. The van der Waals surface area contributed by atoms with Crippen LogP contribution >= 0.6 is 34.8 Å². The third kappa shape index (κ3) is 28.7. The number of halogens is 3. The van der Waals surface area contributed by atoms with Crippen LogP contribution in [0.2, 0.25) is 15.1 Å². The zero-order chi connectivity index (χ0) is 90.5. The zero-order valence-corrected chi connectivity index (χ0v) is 77.9. The Bertz CT molecular complexity index is 5230. The van der Waals surface area contributed by atoms with E-state index in [9.17, 15) is 42.0 Å². The van der Waals surface area contributed by atoms with Crippen LogP contribution in [0.1, 0.15) is 198 Å². The second-order valence-corrected chi connectivity index (χ2v) is 38.3. The molecular weight excluding hydrogens is 1680 g/mol. The number of nitrogens with one attached hydrogen (secondary N) is 8. The van der Waals surface area contributed by atoms with E-state index in [4.69, 9.17) is 39.5 Å². The Morgan fingerprint density at radius 2 is 0.787 bits per heavy atom. The molecule has 0 radical (unpaired) electrons. The highest BCUT2D eigenvalue weighted by molar-refractivity contribution is 7.90. The van der Waals surface area contributed by atoms with E-state index in [1.165, 1.54) is 16.7 Å². The molecule has 0 aromatic heterocycles. The SMILES string of the molecule is CCCCOC(=O)NCC[C@@H]1N[C@H](CNC(=O)c2ccc3cc(Cl)ccc3c2)CCN(C[C@@H](CC)c2ccccc2)C1=O.CC[C@H](CN1CC[C@@H](CNC(=O)c2ccc3cc(Cl)ccc3c2)NC(C2CCN(C(C)C)CC2)C1=O)c1ccccc1.CC[C@H](CN1CC[C@@H](CNC(=O)c2ccc3cc(Cl)ccc3c2)N[C@@H](CCNS(=O)(=O)C(C)C)C1=O)c1ccccc1. The first-order valence-corrected chi connectivity index (χ1v) is 48.3. The van der Waals surface area contributed by atoms with Crippen molar-refractivity contribution in [3.8, 4) is 0 Å². The van der Waals surface area contributed by atoms with Crippen molar-refractivity contribution in [1.29, 1.82) is 0 Å². The van der Waals surface area contributed by atoms with E-state index < -0.39 is 33.5 Å². The van der Waals surface area contributed by atoms with Gasteiger partial charge in [-0.1, -0.05) is 196 Å². The number of sulfonamides is 1. The fourth-order valence-electron chi connectivity index (χ4n) is 17.3. The Morgan fingerprint density at radius 3 is 1.15 bits per heavy atom. The molecule has 0 spiro atoms. The second kappa shape index (κ2) is 48.8. The van der Waals surface area contributed by atoms with E-state index in [1.807, 2.05) is 150 Å². The number of benzene rings is 9. The summed E-state index contributed by atoms with van der Waals surface area (Å²) in [6.07, 6.45) is 8.94. The molecule has 9 aromatic carbocycles. The standard InChI is InChI=1S/C35H45ClN4O2.C34H43ClN4O4.C32H41ClN4O4S/c1-4-25(26-8-6-5-7-9-26)23-40-19-16-32(38-33(35(40)42)27-14-17-39(18-15-27)24(2)3)22-37-34(41)30-11-10-29-21-31(36)13-12-28(29)20-30;1-3-5-19-43-34(42)36-17-15-31-33(41)39(23-24(4-2)25-9-7-6-8-10-25)18-16-30(38-31)22-37-32(40)28-12-11-27-21-29(35)14-13-26(27)20-28;1-4-23(24-8-6-5-7-9-24)21-37-17-15-29(36-30(32(37)39)14-16-35-42(40,41)22(2)3)20-34-31(38)27-11-10-26-19-28(33)13-12-25(26)18-27/h5-13,20-21,24-25,27,32-33,38H,4,14-19,22-23H2,1-3H3,(H,37,41);6-14,20-21,24,30-31,38H,3-5,15-19,22-23H2,1-2H3,(H,36,42)(H,37,40);5-13,18-19,22-23,29-30,35-36H,4,14-17,20-21H2,1-3H3,(H,34,38)/t25-,32+,33?;24-,30+,31+;23-,29+,30+/m111/s1. The Morgan fingerprint density at radius 1 is 0.433 bits per heavy atom. The van der Waals surface area contributed by atoms with Crippen LogP contribution in [0.15, 0.2) is 200 Å². The molecule has 680 valence electrons. The molecule has 22 nitrogen and oxygen atoms in total. The number of amides is 7. The molecule has 0 bridgehead atoms. The van der Waals surface area contributed by atoms with Gasteiger partial charge in [-0.2, -0.15) is 0 Å². The number of unbranched alkanes of at least 4 members (excludes halogenated alkanes) is 1.